The van der Waals surface area contributed by atoms with Crippen LogP contribution in [0.4, 0.5) is 0 Å². The van der Waals surface area contributed by atoms with Crippen molar-refractivity contribution in [2.24, 2.45) is 0 Å². The molecule has 0 N–H and O–H groups in total. The highest BCUT2D eigenvalue weighted by atomic mass is 35.5. The Morgan fingerprint density at radius 3 is 2.11 bits per heavy atom. The van der Waals surface area contributed by atoms with Crippen LogP contribution in [0, 0.1) is 0 Å². The second kappa shape index (κ2) is 4.52. The Morgan fingerprint density at radius 1 is 0.722 bits per heavy atom. The van der Waals surface area contributed by atoms with Crippen LogP contribution in [-0.4, -0.2) is 15.0 Å². The van der Waals surface area contributed by atoms with Gasteiger partial charge in [-0.2, -0.15) is 15.0 Å². The van der Waals surface area contributed by atoms with Crippen molar-refractivity contribution in [3.63, 3.8) is 0 Å². The van der Waals surface area contributed by atoms with E-state index in [-0.39, 0.29) is 10.6 Å². The summed E-state index contributed by atoms with van der Waals surface area (Å²) in [6.07, 6.45) is 0. The van der Waals surface area contributed by atoms with E-state index >= 15 is 0 Å². The van der Waals surface area contributed by atoms with Crippen LogP contribution in [0.25, 0.3) is 22.2 Å². The van der Waals surface area contributed by atoms with E-state index in [9.17, 15) is 0 Å². The third-order valence-electron chi connectivity index (χ3n) is 2.59. The lowest BCUT2D eigenvalue weighted by Gasteiger charge is -2.03. The number of rotatable bonds is 1. The van der Waals surface area contributed by atoms with Crippen molar-refractivity contribution < 1.29 is 0 Å². The molecule has 0 radical (unpaired) electrons. The van der Waals surface area contributed by atoms with Crippen LogP contribution in [0.3, 0.4) is 0 Å². The number of halogens is 2. The number of hydrogen-bond donors (Lipinski definition) is 0. The largest absolute Gasteiger partial charge is 0.227 e. The molecule has 3 nitrogen and oxygen atoms in total. The highest BCUT2D eigenvalue weighted by Crippen LogP contribution is 2.23. The second-order valence-corrected chi connectivity index (χ2v) is 4.44. The molecule has 5 heteroatoms. The molecule has 0 fully saturated rings. The molecule has 0 unspecified atom stereocenters. The number of benzene rings is 2. The summed E-state index contributed by atoms with van der Waals surface area (Å²) in [6.45, 7) is 0. The van der Waals surface area contributed by atoms with Gasteiger partial charge < -0.3 is 0 Å². The molecule has 0 aliphatic heterocycles. The highest BCUT2D eigenvalue weighted by molar-refractivity contribution is 6.31. The summed E-state index contributed by atoms with van der Waals surface area (Å²) >= 11 is 11.5. The van der Waals surface area contributed by atoms with Crippen molar-refractivity contribution in [1.29, 1.82) is 0 Å². The zero-order valence-electron chi connectivity index (χ0n) is 9.14. The van der Waals surface area contributed by atoms with Gasteiger partial charge in [-0.15, -0.1) is 0 Å². The molecule has 1 heterocycles. The van der Waals surface area contributed by atoms with Gasteiger partial charge in [0, 0.05) is 5.56 Å². The fourth-order valence-corrected chi connectivity index (χ4v) is 2.15. The third kappa shape index (κ3) is 2.15. The first-order valence-electron chi connectivity index (χ1n) is 5.28. The highest BCUT2D eigenvalue weighted by Gasteiger charge is 2.06. The molecular weight excluding hydrogens is 269 g/mol. The van der Waals surface area contributed by atoms with Crippen LogP contribution in [0.5, 0.6) is 0 Å². The summed E-state index contributed by atoms with van der Waals surface area (Å²) in [5.74, 6) is 0.478. The van der Waals surface area contributed by atoms with Gasteiger partial charge in [0.2, 0.25) is 10.6 Å². The lowest BCUT2D eigenvalue weighted by molar-refractivity contribution is 1.06. The lowest BCUT2D eigenvalue weighted by Crippen LogP contribution is -1.93. The van der Waals surface area contributed by atoms with Crippen LogP contribution in [-0.2, 0) is 0 Å². The van der Waals surface area contributed by atoms with E-state index in [2.05, 4.69) is 15.0 Å². The average Bonchev–Trinajstić information content (AvgIpc) is 2.37. The molecule has 0 atom stereocenters. The van der Waals surface area contributed by atoms with Gasteiger partial charge in [-0.3, -0.25) is 0 Å². The molecule has 2 aromatic carbocycles. The fraction of sp³-hybridized carbons (Fsp3) is 0. The molecule has 3 aromatic rings. The van der Waals surface area contributed by atoms with Crippen LogP contribution in [0.2, 0.25) is 10.6 Å². The SMILES string of the molecule is Clc1nc(Cl)nc(-c2ccc3ccccc3c2)n1. The second-order valence-electron chi connectivity index (χ2n) is 3.76. The molecule has 0 bridgehead atoms. The maximum atomic E-state index is 5.77. The van der Waals surface area contributed by atoms with Crippen LogP contribution < -0.4 is 0 Å². The molecule has 0 saturated carbocycles. The minimum atomic E-state index is 0.0955. The quantitative estimate of drug-likeness (QED) is 0.674. The Labute approximate surface area is 113 Å². The molecule has 3 rings (SSSR count). The number of hydrogen-bond acceptors (Lipinski definition) is 3. The summed E-state index contributed by atoms with van der Waals surface area (Å²) in [5, 5.41) is 2.46. The van der Waals surface area contributed by atoms with E-state index in [1.54, 1.807) is 0 Å². The summed E-state index contributed by atoms with van der Waals surface area (Å²) in [6, 6.07) is 14.0. The van der Waals surface area contributed by atoms with E-state index in [1.807, 2.05) is 42.5 Å². The predicted molar refractivity (Wildman–Crippen MR) is 72.8 cm³/mol. The first kappa shape index (κ1) is 11.4. The van der Waals surface area contributed by atoms with E-state index in [1.165, 1.54) is 0 Å². The number of aromatic nitrogens is 3. The van der Waals surface area contributed by atoms with Gasteiger partial charge in [0.25, 0.3) is 0 Å². The monoisotopic (exact) mass is 275 g/mol. The zero-order valence-corrected chi connectivity index (χ0v) is 10.7. The molecule has 1 aromatic heterocycles. The zero-order chi connectivity index (χ0) is 12.5. The summed E-state index contributed by atoms with van der Waals surface area (Å²) in [5.41, 5.74) is 0.861. The first-order chi connectivity index (χ1) is 8.72. The van der Waals surface area contributed by atoms with E-state index < -0.39 is 0 Å². The maximum Gasteiger partial charge on any atom is 0.227 e. The number of fused-ring (bicyclic) bond motifs is 1. The minimum absolute atomic E-state index is 0.0955. The van der Waals surface area contributed by atoms with Crippen molar-refractivity contribution in [3.8, 4) is 11.4 Å². The summed E-state index contributed by atoms with van der Waals surface area (Å²) < 4.78 is 0. The minimum Gasteiger partial charge on any atom is -0.198 e. The smallest absolute Gasteiger partial charge is 0.198 e. The molecule has 0 amide bonds. The Bertz CT molecular complexity index is 708. The molecule has 0 spiro atoms. The topological polar surface area (TPSA) is 38.7 Å². The van der Waals surface area contributed by atoms with E-state index in [0.29, 0.717) is 5.82 Å². The van der Waals surface area contributed by atoms with Crippen molar-refractivity contribution in [3.05, 3.63) is 53.0 Å². The number of nitrogens with zero attached hydrogens (tertiary/aromatic N) is 3. The van der Waals surface area contributed by atoms with Gasteiger partial charge >= 0.3 is 0 Å². The van der Waals surface area contributed by atoms with Crippen LogP contribution in [0.15, 0.2) is 42.5 Å². The Kier molecular flexibility index (Phi) is 2.86. The fourth-order valence-electron chi connectivity index (χ4n) is 1.78. The van der Waals surface area contributed by atoms with Crippen molar-refractivity contribution in [2.45, 2.75) is 0 Å². The maximum absolute atomic E-state index is 5.77. The normalized spacial score (nSPS) is 10.8. The van der Waals surface area contributed by atoms with E-state index in [4.69, 9.17) is 23.2 Å². The van der Waals surface area contributed by atoms with Crippen LogP contribution >= 0.6 is 23.2 Å². The van der Waals surface area contributed by atoms with E-state index in [0.717, 1.165) is 16.3 Å². The van der Waals surface area contributed by atoms with Crippen molar-refractivity contribution in [1.82, 2.24) is 15.0 Å². The van der Waals surface area contributed by atoms with Gasteiger partial charge in [0.05, 0.1) is 0 Å². The van der Waals surface area contributed by atoms with Gasteiger partial charge in [-0.05, 0) is 40.0 Å². The van der Waals surface area contributed by atoms with Gasteiger partial charge in [-0.1, -0.05) is 36.4 Å². The molecule has 0 aliphatic carbocycles. The van der Waals surface area contributed by atoms with Gasteiger partial charge in [0.15, 0.2) is 5.82 Å². The summed E-state index contributed by atoms with van der Waals surface area (Å²) in [4.78, 5) is 11.9. The Hall–Kier alpha value is -1.71. The van der Waals surface area contributed by atoms with Gasteiger partial charge in [-0.25, -0.2) is 0 Å². The Balaban J connectivity index is 2.19. The van der Waals surface area contributed by atoms with Crippen molar-refractivity contribution in [2.75, 3.05) is 0 Å². The van der Waals surface area contributed by atoms with Crippen LogP contribution in [0.1, 0.15) is 0 Å². The molecule has 88 valence electrons. The molecule has 0 aliphatic rings. The average molecular weight is 276 g/mol. The Morgan fingerprint density at radius 2 is 1.39 bits per heavy atom. The van der Waals surface area contributed by atoms with Crippen molar-refractivity contribution >= 4 is 34.0 Å². The predicted octanol–water partition coefficient (Wildman–Crippen LogP) is 4.00. The lowest BCUT2D eigenvalue weighted by atomic mass is 10.1. The standard InChI is InChI=1S/C13H7Cl2N3/c14-12-16-11(17-13(15)18-12)10-6-5-8-3-1-2-4-9(8)7-10/h1-7H. The molecule has 18 heavy (non-hydrogen) atoms. The summed E-state index contributed by atoms with van der Waals surface area (Å²) in [7, 11) is 0. The molecular formula is C13H7Cl2N3. The first-order valence-corrected chi connectivity index (χ1v) is 6.04. The molecule has 0 saturated heterocycles. The third-order valence-corrected chi connectivity index (χ3v) is 2.93. The van der Waals surface area contributed by atoms with Gasteiger partial charge in [0.1, 0.15) is 0 Å².